The van der Waals surface area contributed by atoms with Crippen molar-refractivity contribution in [2.75, 3.05) is 5.32 Å². The Kier molecular flexibility index (Phi) is 3.97. The van der Waals surface area contributed by atoms with E-state index in [1.165, 1.54) is 31.2 Å². The molecule has 1 rings (SSSR count). The summed E-state index contributed by atoms with van der Waals surface area (Å²) in [5, 5.41) is 28.1. The van der Waals surface area contributed by atoms with Gasteiger partial charge in [-0.1, -0.05) is 6.07 Å². The van der Waals surface area contributed by atoms with Crippen LogP contribution in [0.15, 0.2) is 23.4 Å². The molecule has 0 saturated heterocycles. The van der Waals surface area contributed by atoms with Crippen LogP contribution in [0.1, 0.15) is 5.56 Å². The Hall–Kier alpha value is -2.91. The van der Waals surface area contributed by atoms with E-state index in [0.29, 0.717) is 0 Å². The average molecular weight is 244 g/mol. The van der Waals surface area contributed by atoms with Crippen molar-refractivity contribution in [3.05, 3.63) is 40.6 Å². The molecule has 88 valence electrons. The van der Waals surface area contributed by atoms with E-state index in [1.54, 1.807) is 6.07 Å². The summed E-state index contributed by atoms with van der Waals surface area (Å²) in [5.41, 5.74) is -1.13. The van der Waals surface area contributed by atoms with Crippen LogP contribution in [-0.4, -0.2) is 0 Å². The van der Waals surface area contributed by atoms with E-state index in [0.717, 1.165) is 0 Å². The molecule has 0 heterocycles. The van der Waals surface area contributed by atoms with Gasteiger partial charge in [-0.25, -0.2) is 8.78 Å². The molecule has 0 fully saturated rings. The van der Waals surface area contributed by atoms with Crippen molar-refractivity contribution in [2.24, 2.45) is 0 Å². The van der Waals surface area contributed by atoms with Crippen LogP contribution < -0.4 is 5.32 Å². The van der Waals surface area contributed by atoms with Gasteiger partial charge < -0.3 is 5.32 Å². The van der Waals surface area contributed by atoms with Crippen LogP contribution in [-0.2, 0) is 0 Å². The molecule has 6 heteroatoms. The third-order valence-electron chi connectivity index (χ3n) is 2.12. The molecule has 0 amide bonds. The standard InChI is InChI=1S/C12H6F2N4/c1-7-2-3-9(12(14)11(7)13)18-10(6-17)8(4-15)5-16/h2-3,18H,1H3. The van der Waals surface area contributed by atoms with Crippen molar-refractivity contribution < 1.29 is 8.78 Å². The molecule has 0 spiro atoms. The number of nitrogens with one attached hydrogen (secondary N) is 1. The van der Waals surface area contributed by atoms with Crippen molar-refractivity contribution in [2.45, 2.75) is 6.92 Å². The van der Waals surface area contributed by atoms with Crippen molar-refractivity contribution in [3.8, 4) is 18.2 Å². The minimum absolute atomic E-state index is 0.112. The highest BCUT2D eigenvalue weighted by atomic mass is 19.2. The van der Waals surface area contributed by atoms with Gasteiger partial charge in [0.15, 0.2) is 17.2 Å². The first-order valence-electron chi connectivity index (χ1n) is 4.71. The third kappa shape index (κ3) is 2.42. The first-order valence-corrected chi connectivity index (χ1v) is 4.71. The predicted molar refractivity (Wildman–Crippen MR) is 58.6 cm³/mol. The second kappa shape index (κ2) is 5.43. The van der Waals surface area contributed by atoms with E-state index in [1.807, 2.05) is 0 Å². The maximum Gasteiger partial charge on any atom is 0.182 e. The molecule has 0 aliphatic rings. The zero-order valence-corrected chi connectivity index (χ0v) is 9.25. The van der Waals surface area contributed by atoms with Gasteiger partial charge in [0.25, 0.3) is 0 Å². The molecule has 1 aromatic rings. The predicted octanol–water partition coefficient (Wildman–Crippen LogP) is 2.51. The van der Waals surface area contributed by atoms with Crippen LogP contribution >= 0.6 is 0 Å². The summed E-state index contributed by atoms with van der Waals surface area (Å²) < 4.78 is 26.8. The average Bonchev–Trinajstić information content (AvgIpc) is 2.38. The minimum Gasteiger partial charge on any atom is -0.343 e. The highest BCUT2D eigenvalue weighted by Gasteiger charge is 2.13. The molecule has 18 heavy (non-hydrogen) atoms. The molecule has 0 aromatic heterocycles. The monoisotopic (exact) mass is 244 g/mol. The number of allylic oxidation sites excluding steroid dienone is 2. The second-order valence-electron chi connectivity index (χ2n) is 3.27. The summed E-state index contributed by atoms with van der Waals surface area (Å²) >= 11 is 0. The van der Waals surface area contributed by atoms with Crippen LogP contribution in [0.5, 0.6) is 0 Å². The van der Waals surface area contributed by atoms with Gasteiger partial charge in [0.05, 0.1) is 5.69 Å². The number of nitriles is 3. The number of halogens is 2. The minimum atomic E-state index is -1.17. The molecule has 0 aliphatic heterocycles. The topological polar surface area (TPSA) is 83.4 Å². The number of rotatable bonds is 2. The molecule has 0 unspecified atom stereocenters. The maximum absolute atomic E-state index is 13.5. The Morgan fingerprint density at radius 1 is 1.06 bits per heavy atom. The van der Waals surface area contributed by atoms with Crippen molar-refractivity contribution in [1.29, 1.82) is 15.8 Å². The fourth-order valence-corrected chi connectivity index (χ4v) is 1.16. The highest BCUT2D eigenvalue weighted by molar-refractivity contribution is 5.59. The largest absolute Gasteiger partial charge is 0.343 e. The Morgan fingerprint density at radius 3 is 2.17 bits per heavy atom. The summed E-state index contributed by atoms with van der Waals surface area (Å²) in [4.78, 5) is 0. The van der Waals surface area contributed by atoms with Crippen LogP contribution in [0.25, 0.3) is 0 Å². The van der Waals surface area contributed by atoms with E-state index in [2.05, 4.69) is 5.32 Å². The summed E-state index contributed by atoms with van der Waals surface area (Å²) in [5.74, 6) is -2.22. The molecule has 1 N–H and O–H groups in total. The lowest BCUT2D eigenvalue weighted by Gasteiger charge is -2.07. The molecule has 0 radical (unpaired) electrons. The van der Waals surface area contributed by atoms with E-state index >= 15 is 0 Å². The lowest BCUT2D eigenvalue weighted by molar-refractivity contribution is 0.506. The first kappa shape index (κ1) is 13.2. The molecular weight excluding hydrogens is 238 g/mol. The molecule has 4 nitrogen and oxygen atoms in total. The van der Waals surface area contributed by atoms with Gasteiger partial charge in [-0.2, -0.15) is 15.8 Å². The number of hydrogen-bond donors (Lipinski definition) is 1. The van der Waals surface area contributed by atoms with Crippen LogP contribution in [0, 0.1) is 52.6 Å². The van der Waals surface area contributed by atoms with Gasteiger partial charge >= 0.3 is 0 Å². The smallest absolute Gasteiger partial charge is 0.182 e. The van der Waals surface area contributed by atoms with Gasteiger partial charge in [0, 0.05) is 0 Å². The Morgan fingerprint density at radius 2 is 1.67 bits per heavy atom. The molecule has 0 saturated carbocycles. The van der Waals surface area contributed by atoms with E-state index in [9.17, 15) is 8.78 Å². The Labute approximate surface area is 102 Å². The SMILES string of the molecule is Cc1ccc(NC(C#N)=C(C#N)C#N)c(F)c1F. The summed E-state index contributed by atoms with van der Waals surface area (Å²) in [7, 11) is 0. The summed E-state index contributed by atoms with van der Waals surface area (Å²) in [6.45, 7) is 1.39. The fraction of sp³-hybridized carbons (Fsp3) is 0.0833. The fourth-order valence-electron chi connectivity index (χ4n) is 1.16. The maximum atomic E-state index is 13.5. The molecular formula is C12H6F2N4. The van der Waals surface area contributed by atoms with Gasteiger partial charge in [-0.05, 0) is 18.6 Å². The third-order valence-corrected chi connectivity index (χ3v) is 2.12. The second-order valence-corrected chi connectivity index (χ2v) is 3.27. The zero-order valence-electron chi connectivity index (χ0n) is 9.25. The number of aryl methyl sites for hydroxylation is 1. The van der Waals surface area contributed by atoms with Gasteiger partial charge in [0.1, 0.15) is 23.9 Å². The molecule has 0 bridgehead atoms. The number of nitrogens with zero attached hydrogens (tertiary/aromatic N) is 3. The number of anilines is 1. The van der Waals surface area contributed by atoms with E-state index in [-0.39, 0.29) is 11.3 Å². The van der Waals surface area contributed by atoms with Crippen molar-refractivity contribution in [1.82, 2.24) is 0 Å². The molecule has 0 atom stereocenters. The highest BCUT2D eigenvalue weighted by Crippen LogP contribution is 2.21. The van der Waals surface area contributed by atoms with Crippen LogP contribution in [0.3, 0.4) is 0 Å². The van der Waals surface area contributed by atoms with Gasteiger partial charge in [-0.15, -0.1) is 0 Å². The van der Waals surface area contributed by atoms with E-state index in [4.69, 9.17) is 15.8 Å². The van der Waals surface area contributed by atoms with E-state index < -0.39 is 22.9 Å². The van der Waals surface area contributed by atoms with Gasteiger partial charge in [-0.3, -0.25) is 0 Å². The molecule has 0 aliphatic carbocycles. The summed E-state index contributed by atoms with van der Waals surface area (Å²) in [6, 6.07) is 7.05. The van der Waals surface area contributed by atoms with Crippen molar-refractivity contribution in [3.63, 3.8) is 0 Å². The number of hydrogen-bond acceptors (Lipinski definition) is 4. The Bertz CT molecular complexity index is 626. The lowest BCUT2D eigenvalue weighted by atomic mass is 10.2. The first-order chi connectivity index (χ1) is 8.54. The zero-order chi connectivity index (χ0) is 13.7. The lowest BCUT2D eigenvalue weighted by Crippen LogP contribution is -2.04. The van der Waals surface area contributed by atoms with Crippen LogP contribution in [0.4, 0.5) is 14.5 Å². The van der Waals surface area contributed by atoms with Crippen molar-refractivity contribution >= 4 is 5.69 Å². The summed E-state index contributed by atoms with van der Waals surface area (Å²) in [6.07, 6.45) is 0. The normalized spacial score (nSPS) is 8.67. The Balaban J connectivity index is 3.26. The van der Waals surface area contributed by atoms with Crippen LogP contribution in [0.2, 0.25) is 0 Å². The van der Waals surface area contributed by atoms with Gasteiger partial charge in [0.2, 0.25) is 0 Å². The quantitative estimate of drug-likeness (QED) is 0.810. The number of benzene rings is 1. The molecule has 1 aromatic carbocycles.